The highest BCUT2D eigenvalue weighted by molar-refractivity contribution is 14.0. The van der Waals surface area contributed by atoms with Crippen LogP contribution in [0.4, 0.5) is 4.39 Å². The van der Waals surface area contributed by atoms with E-state index in [9.17, 15) is 9.18 Å². The van der Waals surface area contributed by atoms with E-state index in [1.165, 1.54) is 13.2 Å². The van der Waals surface area contributed by atoms with Crippen molar-refractivity contribution in [3.05, 3.63) is 29.6 Å². The first-order valence-corrected chi connectivity index (χ1v) is 8.26. The number of halogens is 2. The van der Waals surface area contributed by atoms with Gasteiger partial charge in [-0.05, 0) is 37.5 Å². The minimum atomic E-state index is -0.410. The first-order chi connectivity index (χ1) is 11.6. The van der Waals surface area contributed by atoms with Crippen LogP contribution in [0.25, 0.3) is 0 Å². The smallest absolute Gasteiger partial charge is 0.241 e. The highest BCUT2D eigenvalue weighted by atomic mass is 127. The van der Waals surface area contributed by atoms with Crippen LogP contribution in [-0.4, -0.2) is 50.1 Å². The van der Waals surface area contributed by atoms with Gasteiger partial charge in [0.25, 0.3) is 0 Å². The van der Waals surface area contributed by atoms with Crippen molar-refractivity contribution in [2.45, 2.75) is 26.3 Å². The van der Waals surface area contributed by atoms with E-state index >= 15 is 0 Å². The third-order valence-electron chi connectivity index (χ3n) is 3.85. The summed E-state index contributed by atoms with van der Waals surface area (Å²) in [7, 11) is 1.43. The summed E-state index contributed by atoms with van der Waals surface area (Å²) >= 11 is 0. The molecule has 0 radical (unpaired) electrons. The van der Waals surface area contributed by atoms with Crippen LogP contribution in [-0.2, 0) is 11.3 Å². The number of rotatable bonds is 6. The maximum atomic E-state index is 13.7. The molecule has 140 valence electrons. The van der Waals surface area contributed by atoms with E-state index in [2.05, 4.69) is 15.6 Å². The third kappa shape index (κ3) is 6.68. The Kier molecular flexibility index (Phi) is 9.54. The van der Waals surface area contributed by atoms with Gasteiger partial charge in [-0.15, -0.1) is 24.0 Å². The van der Waals surface area contributed by atoms with Crippen LogP contribution in [0.5, 0.6) is 5.75 Å². The molecule has 0 saturated carbocycles. The van der Waals surface area contributed by atoms with Gasteiger partial charge in [0, 0.05) is 19.6 Å². The van der Waals surface area contributed by atoms with Gasteiger partial charge >= 0.3 is 0 Å². The Morgan fingerprint density at radius 2 is 2.04 bits per heavy atom. The number of benzene rings is 1. The van der Waals surface area contributed by atoms with Crippen molar-refractivity contribution in [2.24, 2.45) is 4.99 Å². The summed E-state index contributed by atoms with van der Waals surface area (Å²) in [5.74, 6) is 0.422. The average molecular weight is 464 g/mol. The Morgan fingerprint density at radius 3 is 2.64 bits per heavy atom. The fourth-order valence-corrected chi connectivity index (χ4v) is 2.56. The van der Waals surface area contributed by atoms with Gasteiger partial charge in [0.1, 0.15) is 0 Å². The molecule has 1 aromatic rings. The molecule has 1 aliphatic heterocycles. The topological polar surface area (TPSA) is 66.0 Å². The number of guanidine groups is 1. The van der Waals surface area contributed by atoms with Gasteiger partial charge < -0.3 is 20.3 Å². The van der Waals surface area contributed by atoms with Gasteiger partial charge in [-0.2, -0.15) is 0 Å². The molecule has 0 aliphatic carbocycles. The summed E-state index contributed by atoms with van der Waals surface area (Å²) in [4.78, 5) is 18.3. The van der Waals surface area contributed by atoms with Crippen LogP contribution in [0.3, 0.4) is 0 Å². The van der Waals surface area contributed by atoms with Gasteiger partial charge in [-0.3, -0.25) is 4.79 Å². The quantitative estimate of drug-likeness (QED) is 0.385. The number of hydrogen-bond donors (Lipinski definition) is 2. The second-order valence-electron chi connectivity index (χ2n) is 5.61. The van der Waals surface area contributed by atoms with E-state index in [1.54, 1.807) is 12.1 Å². The molecule has 0 spiro atoms. The van der Waals surface area contributed by atoms with Crippen molar-refractivity contribution in [2.75, 3.05) is 33.3 Å². The molecule has 1 amide bonds. The third-order valence-corrected chi connectivity index (χ3v) is 3.85. The molecule has 2 N–H and O–H groups in total. The van der Waals surface area contributed by atoms with Crippen LogP contribution >= 0.6 is 24.0 Å². The number of nitrogens with one attached hydrogen (secondary N) is 2. The predicted molar refractivity (Wildman–Crippen MR) is 107 cm³/mol. The van der Waals surface area contributed by atoms with Crippen molar-refractivity contribution in [1.82, 2.24) is 15.5 Å². The number of carbonyl (C=O) groups is 1. The second-order valence-corrected chi connectivity index (χ2v) is 5.61. The summed E-state index contributed by atoms with van der Waals surface area (Å²) in [5, 5.41) is 6.12. The molecule has 25 heavy (non-hydrogen) atoms. The number of methoxy groups -OCH3 is 1. The highest BCUT2D eigenvalue weighted by Gasteiger charge is 2.17. The fraction of sp³-hybridized carbons (Fsp3) is 0.529. The van der Waals surface area contributed by atoms with Crippen LogP contribution in [0.15, 0.2) is 23.2 Å². The largest absolute Gasteiger partial charge is 0.494 e. The molecule has 1 saturated heterocycles. The van der Waals surface area contributed by atoms with Crippen molar-refractivity contribution in [3.63, 3.8) is 0 Å². The Balaban J connectivity index is 0.00000312. The van der Waals surface area contributed by atoms with Gasteiger partial charge in [-0.1, -0.05) is 6.07 Å². The van der Waals surface area contributed by atoms with Crippen molar-refractivity contribution in [3.8, 4) is 5.75 Å². The Bertz CT molecular complexity index is 592. The summed E-state index contributed by atoms with van der Waals surface area (Å²) in [6.07, 6.45) is 2.14. The SMILES string of the molecule is CCNC(=NCc1ccc(OC)c(F)c1)NCC(=O)N1CCCC1.I. The first-order valence-electron chi connectivity index (χ1n) is 8.26. The zero-order chi connectivity index (χ0) is 17.4. The van der Waals surface area contributed by atoms with Crippen LogP contribution in [0, 0.1) is 5.82 Å². The van der Waals surface area contributed by atoms with E-state index in [-0.39, 0.29) is 42.2 Å². The molecule has 0 aromatic heterocycles. The van der Waals surface area contributed by atoms with E-state index in [0.29, 0.717) is 19.0 Å². The molecule has 6 nitrogen and oxygen atoms in total. The molecule has 0 atom stereocenters. The summed E-state index contributed by atoms with van der Waals surface area (Å²) < 4.78 is 18.6. The fourth-order valence-electron chi connectivity index (χ4n) is 2.56. The zero-order valence-electron chi connectivity index (χ0n) is 14.7. The summed E-state index contributed by atoms with van der Waals surface area (Å²) in [6, 6.07) is 4.75. The number of ether oxygens (including phenoxy) is 1. The molecule has 0 bridgehead atoms. The van der Waals surface area contributed by atoms with Gasteiger partial charge in [-0.25, -0.2) is 9.38 Å². The minimum absolute atomic E-state index is 0. The first kappa shape index (κ1) is 21.5. The van der Waals surface area contributed by atoms with Crippen molar-refractivity contribution >= 4 is 35.8 Å². The standard InChI is InChI=1S/C17H25FN4O2.HI/c1-3-19-17(21-12-16(23)22-8-4-5-9-22)20-11-13-6-7-15(24-2)14(18)10-13;/h6-7,10H,3-5,8-9,11-12H2,1-2H3,(H2,19,20,21);1H. The number of nitrogens with zero attached hydrogens (tertiary/aromatic N) is 2. The lowest BCUT2D eigenvalue weighted by Crippen LogP contribution is -2.44. The molecule has 1 aliphatic rings. The molecular weight excluding hydrogens is 438 g/mol. The molecule has 1 aromatic carbocycles. The van der Waals surface area contributed by atoms with E-state index < -0.39 is 5.82 Å². The number of aliphatic imine (C=N–C) groups is 1. The monoisotopic (exact) mass is 464 g/mol. The molecule has 1 fully saturated rings. The van der Waals surface area contributed by atoms with E-state index in [4.69, 9.17) is 4.74 Å². The van der Waals surface area contributed by atoms with Crippen molar-refractivity contribution < 1.29 is 13.9 Å². The molecule has 2 rings (SSSR count). The Labute approximate surface area is 165 Å². The maximum absolute atomic E-state index is 13.7. The van der Waals surface area contributed by atoms with Gasteiger partial charge in [0.15, 0.2) is 17.5 Å². The lowest BCUT2D eigenvalue weighted by atomic mass is 10.2. The van der Waals surface area contributed by atoms with Crippen LogP contribution in [0.1, 0.15) is 25.3 Å². The number of carbonyl (C=O) groups excluding carboxylic acids is 1. The Hall–Kier alpha value is -1.58. The lowest BCUT2D eigenvalue weighted by Gasteiger charge is -2.17. The zero-order valence-corrected chi connectivity index (χ0v) is 17.0. The van der Waals surface area contributed by atoms with Crippen molar-refractivity contribution in [1.29, 1.82) is 0 Å². The van der Waals surface area contributed by atoms with E-state index in [1.807, 2.05) is 11.8 Å². The second kappa shape index (κ2) is 11.1. The lowest BCUT2D eigenvalue weighted by molar-refractivity contribution is -0.128. The number of amides is 1. The van der Waals surface area contributed by atoms with Crippen LogP contribution in [0.2, 0.25) is 0 Å². The van der Waals surface area contributed by atoms with Crippen LogP contribution < -0.4 is 15.4 Å². The molecule has 8 heteroatoms. The number of likely N-dealkylation sites (tertiary alicyclic amines) is 1. The van der Waals surface area contributed by atoms with Gasteiger partial charge in [0.05, 0.1) is 20.2 Å². The summed E-state index contributed by atoms with van der Waals surface area (Å²) in [6.45, 7) is 4.82. The van der Waals surface area contributed by atoms with Gasteiger partial charge in [0.2, 0.25) is 5.91 Å². The Morgan fingerprint density at radius 1 is 1.32 bits per heavy atom. The number of hydrogen-bond acceptors (Lipinski definition) is 3. The average Bonchev–Trinajstić information content (AvgIpc) is 3.12. The molecule has 1 heterocycles. The normalized spacial score (nSPS) is 14.0. The molecule has 0 unspecified atom stereocenters. The molecular formula is C17H26FIN4O2. The minimum Gasteiger partial charge on any atom is -0.494 e. The van der Waals surface area contributed by atoms with E-state index in [0.717, 1.165) is 31.5 Å². The predicted octanol–water partition coefficient (Wildman–Crippen LogP) is 2.13. The maximum Gasteiger partial charge on any atom is 0.241 e. The summed E-state index contributed by atoms with van der Waals surface area (Å²) in [5.41, 5.74) is 0.733. The highest BCUT2D eigenvalue weighted by Crippen LogP contribution is 2.18.